The van der Waals surface area contributed by atoms with Gasteiger partial charge < -0.3 is 89.0 Å². The number of fused-ring (bicyclic) bond motifs is 3. The number of aromatic nitrogens is 12. The van der Waals surface area contributed by atoms with Gasteiger partial charge in [0, 0.05) is 282 Å². The first-order valence-corrected chi connectivity index (χ1v) is 39.1. The van der Waals surface area contributed by atoms with Crippen LogP contribution in [0.2, 0.25) is 0 Å². The second-order valence-electron chi connectivity index (χ2n) is 15.3. The van der Waals surface area contributed by atoms with Crippen LogP contribution >= 0.6 is 0 Å². The van der Waals surface area contributed by atoms with Crippen molar-refractivity contribution in [2.24, 2.45) is 10.1 Å². The second kappa shape index (κ2) is 172. The number of aliphatic imine (C=N–C) groups is 1. The van der Waals surface area contributed by atoms with Crippen molar-refractivity contribution in [3.8, 4) is 0 Å². The number of benzene rings is 6. The summed E-state index contributed by atoms with van der Waals surface area (Å²) in [5, 5.41) is 38.9. The minimum atomic E-state index is 0. The third kappa shape index (κ3) is 132. The predicted molar refractivity (Wildman–Crippen MR) is 507 cm³/mol. The number of nitrogens with zero attached hydrogens (tertiary/aromatic N) is 16. The molecule has 0 aliphatic carbocycles. The molecule has 0 saturated carbocycles. The van der Waals surface area contributed by atoms with E-state index in [4.69, 9.17) is 36.1 Å². The van der Waals surface area contributed by atoms with E-state index < -0.39 is 0 Å². The van der Waals surface area contributed by atoms with Gasteiger partial charge in [-0.25, -0.2) is 12.1 Å². The minimum Gasteiger partial charge on any atom is -0.911 e. The molecule has 0 amide bonds. The Balaban J connectivity index is -0.0000000537. The zero-order chi connectivity index (χ0) is 90.4. The summed E-state index contributed by atoms with van der Waals surface area (Å²) in [4.78, 5) is 30.5. The Labute approximate surface area is 888 Å². The second-order valence-corrected chi connectivity index (χ2v) is 15.3. The van der Waals surface area contributed by atoms with Crippen LogP contribution in [-0.4, -0.2) is 79.6 Å². The molecular weight excluding hydrogens is 1950 g/mol. The van der Waals surface area contributed by atoms with Crippen LogP contribution in [0.1, 0.15) is 191 Å². The summed E-state index contributed by atoms with van der Waals surface area (Å²) >= 11 is 0. The Morgan fingerprint density at radius 1 is 0.314 bits per heavy atom. The van der Waals surface area contributed by atoms with Crippen molar-refractivity contribution in [3.05, 3.63) is 390 Å². The number of H-pyrrole nitrogens is 1. The van der Waals surface area contributed by atoms with Crippen LogP contribution in [0.3, 0.4) is 0 Å². The Bertz CT molecular complexity index is 3110. The van der Waals surface area contributed by atoms with Crippen LogP contribution in [-0.2, 0) is 196 Å². The Morgan fingerprint density at radius 3 is 0.901 bits per heavy atom. The molecule has 121 heavy (non-hydrogen) atoms. The van der Waals surface area contributed by atoms with Crippen molar-refractivity contribution in [2.75, 3.05) is 0 Å². The van der Waals surface area contributed by atoms with Gasteiger partial charge >= 0.3 is 0 Å². The fourth-order valence-electron chi connectivity index (χ4n) is 5.38. The zero-order valence-electron chi connectivity index (χ0n) is 77.8. The van der Waals surface area contributed by atoms with E-state index in [0.29, 0.717) is 11.3 Å². The van der Waals surface area contributed by atoms with E-state index in [-0.39, 0.29) is 196 Å². The van der Waals surface area contributed by atoms with Crippen LogP contribution in [0.15, 0.2) is 322 Å². The first-order chi connectivity index (χ1) is 56.9. The molecule has 0 aliphatic heterocycles. The standard InChI is InChI=1S/2C9H7N.C8H6N2.C8H6.C7H5N.C6H4N2.C5H5N.2C4H4N2.C4H4.2C3H3N.C2H3N3.13C2H6.6Y/c1-2-6-9-8(4-1)5-3-7-10-9;1-2-4-9-7-10-6-5-8(9)3-1;1-2-4-8-7(3-1)9-5-6-10-8;1-2-8-6-4-3-5-7-8;8-6-7-4-2-1-3-5-7;7-8-6-4-2-1-3-5-6;1-2-4-6-5-3-1;1-2-6-4-3-5-1;1-2-4-6-5-3-1;2*1-3-4-2;1-2-3-4;1-2-4-5-3-1;13*1-2;;;;;;/h2*1-7H;1-6H;1-6H;1-4,6H;1-4H;1-5H;2*1-4H;1-4H;2*1-3H;1-2H,(H,3,4,5);13*1-2H3;;;;;;/q;;;3*-2;;;;3*-2;;;;;;;;;;;;;;;;;;;;. The average Bonchev–Trinajstić information content (AvgIpc) is 1.07. The normalized spacial score (nSPS) is 6.83. The fraction of sp³-hybridized carbons (Fsp3) is 0.265. The van der Waals surface area contributed by atoms with E-state index in [9.17, 15) is 0 Å². The zero-order valence-corrected chi connectivity index (χ0v) is 94.8. The van der Waals surface area contributed by atoms with Gasteiger partial charge in [-0.05, 0) is 65.4 Å². The van der Waals surface area contributed by atoms with E-state index >= 15 is 0 Å². The number of aromatic amines is 1. The average molecular weight is 2090 g/mol. The summed E-state index contributed by atoms with van der Waals surface area (Å²) in [7, 11) is 0. The predicted octanol–water partition coefficient (Wildman–Crippen LogP) is 28.9. The molecule has 17 nitrogen and oxygen atoms in total. The van der Waals surface area contributed by atoms with Gasteiger partial charge in [-0.15, -0.1) is 42.5 Å². The maximum atomic E-state index is 8.38. The van der Waals surface area contributed by atoms with Gasteiger partial charge in [0.1, 0.15) is 0 Å². The monoisotopic (exact) mass is 2090 g/mol. The molecule has 23 heteroatoms. The smallest absolute Gasteiger partial charge is 0.0886 e. The molecule has 13 rings (SSSR count). The Hall–Kier alpha value is -6.14. The number of para-hydroxylation sites is 3. The van der Waals surface area contributed by atoms with Crippen LogP contribution in [0.5, 0.6) is 0 Å². The third-order valence-electron chi connectivity index (χ3n) is 9.16. The molecule has 0 unspecified atom stereocenters. The SMILES string of the molecule is CC.CC.CC.CC.CC.CC.CC.CC.CC.CC.CC.CC.CC.[CH-]=CC=[CH-].[CH-]=CC=[N-].[CH-]=CN=[CH-].[CH-]=Cc1[c-]cccc1.[N-]=Cc1[c-]cccc1.[N-]=Nc1[c-]cccc1.[Y].[Y].[Y].[Y].[Y].[Y].c1ccc2cnccc2c1.c1ccc2ncccc2c1.c1ccc2nccnc2c1.c1ccncc1.c1ccnnc1.c1cn[nH]n1.c1cnccn1. The number of pyridine rings is 3. The van der Waals surface area contributed by atoms with Gasteiger partial charge in [0.25, 0.3) is 0 Å². The summed E-state index contributed by atoms with van der Waals surface area (Å²) in [5.41, 5.74) is 13.2. The number of allylic oxidation sites excluding steroid dienone is 3. The summed E-state index contributed by atoms with van der Waals surface area (Å²) in [6.45, 7) is 80.3. The minimum absolute atomic E-state index is 0. The molecule has 646 valence electrons. The largest absolute Gasteiger partial charge is 0.911 e. The first-order valence-electron chi connectivity index (χ1n) is 39.1. The summed E-state index contributed by atoms with van der Waals surface area (Å²) in [5.74, 6) is 0. The van der Waals surface area contributed by atoms with Crippen molar-refractivity contribution in [1.29, 1.82) is 0 Å². The molecule has 13 aromatic rings. The van der Waals surface area contributed by atoms with E-state index in [1.165, 1.54) is 34.4 Å². The topological polar surface area (TPSA) is 249 Å². The van der Waals surface area contributed by atoms with Gasteiger partial charge in [-0.3, -0.25) is 53.8 Å². The van der Waals surface area contributed by atoms with Crippen molar-refractivity contribution < 1.29 is 196 Å². The van der Waals surface area contributed by atoms with Crippen LogP contribution in [0.25, 0.3) is 55.1 Å². The van der Waals surface area contributed by atoms with Crippen molar-refractivity contribution >= 4 is 63.6 Å². The number of nitrogens with one attached hydrogen (secondary N) is 1. The first kappa shape index (κ1) is 162. The van der Waals surface area contributed by atoms with E-state index in [1.807, 2.05) is 338 Å². The summed E-state index contributed by atoms with van der Waals surface area (Å²) in [6.07, 6.45) is 33.4. The molecule has 0 atom stereocenters. The molecule has 6 radical (unpaired) electrons. The summed E-state index contributed by atoms with van der Waals surface area (Å²) < 4.78 is 0. The quantitative estimate of drug-likeness (QED) is 0.0709. The molecular formula is C98H139N17Y6-12. The molecule has 7 aromatic heterocycles. The van der Waals surface area contributed by atoms with Gasteiger partial charge in [-0.1, -0.05) is 252 Å². The third-order valence-corrected chi connectivity index (χ3v) is 9.16. The van der Waals surface area contributed by atoms with Crippen molar-refractivity contribution in [1.82, 2.24) is 60.5 Å². The molecule has 0 bridgehead atoms. The number of hydrogen-bond acceptors (Lipinski definition) is 13. The molecule has 0 aliphatic rings. The fourth-order valence-corrected chi connectivity index (χ4v) is 5.38. The van der Waals surface area contributed by atoms with E-state index in [0.717, 1.165) is 46.8 Å². The van der Waals surface area contributed by atoms with E-state index in [2.05, 4.69) is 133 Å². The number of rotatable bonds is 6. The maximum Gasteiger partial charge on any atom is 0.0886 e. The molecule has 6 aromatic carbocycles. The van der Waals surface area contributed by atoms with E-state index in [1.54, 1.807) is 105 Å². The maximum absolute atomic E-state index is 8.38. The molecule has 1 N–H and O–H groups in total. The molecule has 0 spiro atoms. The van der Waals surface area contributed by atoms with Crippen LogP contribution in [0.4, 0.5) is 5.69 Å². The van der Waals surface area contributed by atoms with Gasteiger partial charge in [-0.2, -0.15) is 74.3 Å². The van der Waals surface area contributed by atoms with Gasteiger partial charge in [0.15, 0.2) is 0 Å². The molecule has 0 fully saturated rings. The van der Waals surface area contributed by atoms with Gasteiger partial charge in [0.2, 0.25) is 0 Å². The molecule has 0 saturated heterocycles. The Kier molecular flexibility index (Phi) is 230. The molecule has 7 heterocycles. The van der Waals surface area contributed by atoms with Crippen LogP contribution < -0.4 is 0 Å². The van der Waals surface area contributed by atoms with Crippen molar-refractivity contribution in [2.45, 2.75) is 180 Å². The Morgan fingerprint density at radius 2 is 0.653 bits per heavy atom. The number of hydrogen-bond donors (Lipinski definition) is 1. The van der Waals surface area contributed by atoms with Gasteiger partial charge in [0.05, 0.1) is 28.9 Å². The van der Waals surface area contributed by atoms with Crippen molar-refractivity contribution in [3.63, 3.8) is 0 Å². The summed E-state index contributed by atoms with van der Waals surface area (Å²) in [6, 6.07) is 69.7. The van der Waals surface area contributed by atoms with Crippen LogP contribution in [0, 0.1) is 51.1 Å².